The average Bonchev–Trinajstić information content (AvgIpc) is 3.55. The normalized spacial score (nSPS) is 19.7. The molecule has 2 aliphatic rings. The number of anilines is 1. The van der Waals surface area contributed by atoms with Crippen LogP contribution in [0.2, 0.25) is 0 Å². The van der Waals surface area contributed by atoms with Crippen LogP contribution >= 0.6 is 11.3 Å². The summed E-state index contributed by atoms with van der Waals surface area (Å²) in [5.41, 5.74) is -3.13. The first-order valence-electron chi connectivity index (χ1n) is 12.8. The van der Waals surface area contributed by atoms with E-state index in [9.17, 15) is 27.9 Å². The molecular formula is C26H34F3N5O3S. The molecule has 0 spiro atoms. The van der Waals surface area contributed by atoms with Crippen molar-refractivity contribution in [2.45, 2.75) is 96.1 Å². The lowest BCUT2D eigenvalue weighted by molar-refractivity contribution is -0.137. The quantitative estimate of drug-likeness (QED) is 0.420. The molecule has 38 heavy (non-hydrogen) atoms. The first-order valence-corrected chi connectivity index (χ1v) is 13.6. The van der Waals surface area contributed by atoms with Gasteiger partial charge >= 0.3 is 6.18 Å². The zero-order valence-electron chi connectivity index (χ0n) is 22.2. The van der Waals surface area contributed by atoms with Gasteiger partial charge in [0.25, 0.3) is 11.8 Å². The highest BCUT2D eigenvalue weighted by Crippen LogP contribution is 2.44. The predicted octanol–water partition coefficient (Wildman–Crippen LogP) is 5.09. The summed E-state index contributed by atoms with van der Waals surface area (Å²) in [5, 5.41) is 15.4. The fourth-order valence-corrected chi connectivity index (χ4v) is 5.86. The van der Waals surface area contributed by atoms with Gasteiger partial charge in [0.05, 0.1) is 16.0 Å². The molecule has 0 radical (unpaired) electrons. The van der Waals surface area contributed by atoms with E-state index in [4.69, 9.17) is 0 Å². The third-order valence-corrected chi connectivity index (χ3v) is 8.28. The van der Waals surface area contributed by atoms with Crippen LogP contribution in [-0.4, -0.2) is 61.6 Å². The molecule has 4 heterocycles. The van der Waals surface area contributed by atoms with Crippen molar-refractivity contribution >= 4 is 29.0 Å². The van der Waals surface area contributed by atoms with E-state index in [1.807, 2.05) is 20.8 Å². The maximum atomic E-state index is 14.3. The second-order valence-corrected chi connectivity index (χ2v) is 12.3. The Hall–Kier alpha value is -2.73. The van der Waals surface area contributed by atoms with Gasteiger partial charge in [-0.05, 0) is 65.9 Å². The first kappa shape index (κ1) is 28.3. The van der Waals surface area contributed by atoms with Crippen LogP contribution in [-0.2, 0) is 6.18 Å². The summed E-state index contributed by atoms with van der Waals surface area (Å²) in [7, 11) is 0. The van der Waals surface area contributed by atoms with E-state index in [-0.39, 0.29) is 45.6 Å². The number of aromatic nitrogens is 2. The Morgan fingerprint density at radius 3 is 2.26 bits per heavy atom. The summed E-state index contributed by atoms with van der Waals surface area (Å²) in [6, 6.07) is 0.990. The third-order valence-electron chi connectivity index (χ3n) is 7.20. The van der Waals surface area contributed by atoms with E-state index >= 15 is 0 Å². The lowest BCUT2D eigenvalue weighted by Gasteiger charge is -2.26. The van der Waals surface area contributed by atoms with Gasteiger partial charge in [-0.2, -0.15) is 13.2 Å². The molecule has 2 aromatic rings. The monoisotopic (exact) mass is 553 g/mol. The maximum Gasteiger partial charge on any atom is 0.417 e. The van der Waals surface area contributed by atoms with Gasteiger partial charge in [0, 0.05) is 35.9 Å². The summed E-state index contributed by atoms with van der Waals surface area (Å²) < 4.78 is 43.0. The van der Waals surface area contributed by atoms with Crippen molar-refractivity contribution in [3.8, 4) is 10.4 Å². The van der Waals surface area contributed by atoms with Crippen LogP contribution in [0.25, 0.3) is 10.4 Å². The average molecular weight is 554 g/mol. The van der Waals surface area contributed by atoms with Gasteiger partial charge in [-0.3, -0.25) is 9.59 Å². The fraction of sp³-hybridized carbons (Fsp3) is 0.615. The van der Waals surface area contributed by atoms with E-state index in [2.05, 4.69) is 20.6 Å². The largest absolute Gasteiger partial charge is 0.417 e. The molecule has 0 aliphatic carbocycles. The van der Waals surface area contributed by atoms with Gasteiger partial charge < -0.3 is 20.6 Å². The number of rotatable bonds is 8. The minimum Gasteiger partial charge on any atom is -0.389 e. The van der Waals surface area contributed by atoms with Crippen LogP contribution in [0.3, 0.4) is 0 Å². The number of amides is 2. The molecule has 2 amide bonds. The second kappa shape index (κ2) is 10.1. The van der Waals surface area contributed by atoms with Crippen molar-refractivity contribution in [3.05, 3.63) is 28.5 Å². The molecule has 0 atom stereocenters. The molecule has 0 aromatic carbocycles. The Balaban J connectivity index is 1.80. The molecule has 0 unspecified atom stereocenters. The highest BCUT2D eigenvalue weighted by molar-refractivity contribution is 7.17. The highest BCUT2D eigenvalue weighted by Gasteiger charge is 2.45. The third kappa shape index (κ3) is 5.96. The number of nitrogens with zero attached hydrogens (tertiary/aromatic N) is 3. The van der Waals surface area contributed by atoms with Crippen molar-refractivity contribution in [2.75, 3.05) is 11.9 Å². The number of carbonyl (C=O) groups excluding carboxylic acids is 2. The molecule has 0 saturated carbocycles. The SMILES string of the molecule is CCC(C)(C)Nc1cc(C(F)(F)F)c(-c2sc(C(=O)NCC(C)(C)O)nc2C(=O)N2[C@H]3CC[C@@H]2CC3)cn1. The van der Waals surface area contributed by atoms with Crippen molar-refractivity contribution in [1.82, 2.24) is 20.2 Å². The Bertz CT molecular complexity index is 1200. The van der Waals surface area contributed by atoms with Crippen molar-refractivity contribution < 1.29 is 27.9 Å². The van der Waals surface area contributed by atoms with Gasteiger partial charge in [-0.25, -0.2) is 9.97 Å². The maximum absolute atomic E-state index is 14.3. The van der Waals surface area contributed by atoms with Crippen LogP contribution < -0.4 is 10.6 Å². The number of hydrogen-bond donors (Lipinski definition) is 3. The topological polar surface area (TPSA) is 107 Å². The van der Waals surface area contributed by atoms with Crippen molar-refractivity contribution in [1.29, 1.82) is 0 Å². The number of nitrogens with one attached hydrogen (secondary N) is 2. The smallest absolute Gasteiger partial charge is 0.389 e. The van der Waals surface area contributed by atoms with Gasteiger partial charge in [-0.15, -0.1) is 11.3 Å². The first-order chi connectivity index (χ1) is 17.6. The highest BCUT2D eigenvalue weighted by atomic mass is 32.1. The van der Waals surface area contributed by atoms with Crippen LogP contribution in [0.15, 0.2) is 12.3 Å². The number of halogens is 3. The number of pyridine rings is 1. The number of fused-ring (bicyclic) bond motifs is 2. The lowest BCUT2D eigenvalue weighted by Crippen LogP contribution is -2.38. The van der Waals surface area contributed by atoms with Crippen molar-refractivity contribution in [3.63, 3.8) is 0 Å². The number of aliphatic hydroxyl groups is 1. The molecule has 8 nitrogen and oxygen atoms in total. The summed E-state index contributed by atoms with van der Waals surface area (Å²) >= 11 is 0.722. The number of carbonyl (C=O) groups is 2. The molecule has 2 saturated heterocycles. The molecule has 2 bridgehead atoms. The van der Waals surface area contributed by atoms with Crippen LogP contribution in [0.4, 0.5) is 19.0 Å². The Morgan fingerprint density at radius 1 is 1.13 bits per heavy atom. The lowest BCUT2D eigenvalue weighted by atomic mass is 10.0. The summed E-state index contributed by atoms with van der Waals surface area (Å²) in [5.74, 6) is -1.08. The van der Waals surface area contributed by atoms with E-state index in [0.29, 0.717) is 6.42 Å². The van der Waals surface area contributed by atoms with E-state index in [1.54, 1.807) is 4.90 Å². The minimum absolute atomic E-state index is 0.0255. The van der Waals surface area contributed by atoms with Crippen molar-refractivity contribution in [2.24, 2.45) is 0 Å². The van der Waals surface area contributed by atoms with Crippen LogP contribution in [0, 0.1) is 0 Å². The minimum atomic E-state index is -4.74. The molecule has 2 fully saturated rings. The van der Waals surface area contributed by atoms with Crippen LogP contribution in [0.1, 0.15) is 92.6 Å². The summed E-state index contributed by atoms with van der Waals surface area (Å²) in [4.78, 5) is 36.7. The van der Waals surface area contributed by atoms with E-state index < -0.39 is 34.7 Å². The zero-order chi connectivity index (χ0) is 28.0. The number of hydrogen-bond acceptors (Lipinski definition) is 7. The standard InChI is InChI=1S/C26H34F3N5O3S/c1-6-24(2,3)33-18-11-17(26(27,28)29)16(12-30-18)20-19(23(36)34-14-7-8-15(34)10-9-14)32-22(38-20)21(35)31-13-25(4,5)37/h11-12,14-15,37H,6-10,13H2,1-5H3,(H,30,33)(H,31,35)/t14-,15+. The van der Waals surface area contributed by atoms with E-state index in [1.165, 1.54) is 13.8 Å². The van der Waals surface area contributed by atoms with Gasteiger partial charge in [-0.1, -0.05) is 6.92 Å². The molecular weight excluding hydrogens is 519 g/mol. The van der Waals surface area contributed by atoms with Gasteiger partial charge in [0.1, 0.15) is 11.5 Å². The van der Waals surface area contributed by atoms with Gasteiger partial charge in [0.15, 0.2) is 5.01 Å². The second-order valence-electron chi connectivity index (χ2n) is 11.3. The molecule has 2 aliphatic heterocycles. The Kier molecular flexibility index (Phi) is 7.52. The number of thiazole rings is 1. The predicted molar refractivity (Wildman–Crippen MR) is 139 cm³/mol. The summed E-state index contributed by atoms with van der Waals surface area (Å²) in [6.07, 6.45) is 0.390. The number of alkyl halides is 3. The van der Waals surface area contributed by atoms with Gasteiger partial charge in [0.2, 0.25) is 0 Å². The van der Waals surface area contributed by atoms with Crippen LogP contribution in [0.5, 0.6) is 0 Å². The Labute approximate surface area is 224 Å². The molecule has 3 N–H and O–H groups in total. The molecule has 4 rings (SSSR count). The Morgan fingerprint density at radius 2 is 1.74 bits per heavy atom. The van der Waals surface area contributed by atoms with E-state index in [0.717, 1.165) is 49.3 Å². The summed E-state index contributed by atoms with van der Waals surface area (Å²) in [6.45, 7) is 8.56. The fourth-order valence-electron chi connectivity index (χ4n) is 4.86. The molecule has 2 aromatic heterocycles. The molecule has 208 valence electrons. The zero-order valence-corrected chi connectivity index (χ0v) is 23.0. The molecule has 12 heteroatoms.